The highest BCUT2D eigenvalue weighted by molar-refractivity contribution is 7.98. The molecule has 1 fully saturated rings. The lowest BCUT2D eigenvalue weighted by molar-refractivity contribution is 0.478. The lowest BCUT2D eigenvalue weighted by Gasteiger charge is -2.08. The molecule has 0 radical (unpaired) electrons. The van der Waals surface area contributed by atoms with Crippen LogP contribution in [0.25, 0.3) is 0 Å². The molecule has 3 aromatic rings. The average molecular weight is 329 g/mol. The molecule has 0 atom stereocenters. The second-order valence-corrected chi connectivity index (χ2v) is 6.60. The molecular formula is C17H16FN3OS. The molecule has 0 bridgehead atoms. The lowest BCUT2D eigenvalue weighted by atomic mass is 10.2. The van der Waals surface area contributed by atoms with E-state index >= 15 is 0 Å². The van der Waals surface area contributed by atoms with Gasteiger partial charge in [-0.15, -0.1) is 10.2 Å². The predicted octanol–water partition coefficient (Wildman–Crippen LogP) is 4.23. The fourth-order valence-corrected chi connectivity index (χ4v) is 3.45. The van der Waals surface area contributed by atoms with Gasteiger partial charge in [0.05, 0.1) is 12.8 Å². The molecule has 1 saturated carbocycles. The highest BCUT2D eigenvalue weighted by Crippen LogP contribution is 2.40. The third-order valence-electron chi connectivity index (χ3n) is 3.90. The standard InChI is InChI=1S/C17H16FN3OS/c18-15-6-2-1-4-13(15)11-23-17-20-19-16(12-7-8-12)21(17)10-14-5-3-9-22-14/h1-6,9,12H,7-8,10-11H2. The summed E-state index contributed by atoms with van der Waals surface area (Å²) in [4.78, 5) is 0. The minimum absolute atomic E-state index is 0.181. The maximum atomic E-state index is 13.8. The Hall–Kier alpha value is -2.08. The Morgan fingerprint density at radius 1 is 1.17 bits per heavy atom. The largest absolute Gasteiger partial charge is 0.467 e. The monoisotopic (exact) mass is 329 g/mol. The molecule has 4 rings (SSSR count). The molecule has 0 saturated heterocycles. The Morgan fingerprint density at radius 2 is 2.04 bits per heavy atom. The molecule has 2 heterocycles. The van der Waals surface area contributed by atoms with Gasteiger partial charge in [-0.3, -0.25) is 4.57 Å². The van der Waals surface area contributed by atoms with Crippen molar-refractivity contribution in [3.8, 4) is 0 Å². The second-order valence-electron chi connectivity index (χ2n) is 5.66. The van der Waals surface area contributed by atoms with Gasteiger partial charge in [0, 0.05) is 11.7 Å². The van der Waals surface area contributed by atoms with Crippen LogP contribution in [0.2, 0.25) is 0 Å². The molecule has 23 heavy (non-hydrogen) atoms. The lowest BCUT2D eigenvalue weighted by Crippen LogP contribution is -2.05. The van der Waals surface area contributed by atoms with Crippen LogP contribution >= 0.6 is 11.8 Å². The number of nitrogens with zero attached hydrogens (tertiary/aromatic N) is 3. The Labute approximate surface area is 137 Å². The molecule has 0 N–H and O–H groups in total. The van der Waals surface area contributed by atoms with Crippen molar-refractivity contribution in [2.24, 2.45) is 0 Å². The van der Waals surface area contributed by atoms with Crippen LogP contribution in [0, 0.1) is 5.82 Å². The summed E-state index contributed by atoms with van der Waals surface area (Å²) in [5, 5.41) is 9.48. The van der Waals surface area contributed by atoms with Crippen molar-refractivity contribution in [1.82, 2.24) is 14.8 Å². The van der Waals surface area contributed by atoms with Gasteiger partial charge >= 0.3 is 0 Å². The highest BCUT2D eigenvalue weighted by Gasteiger charge is 2.30. The molecule has 118 valence electrons. The van der Waals surface area contributed by atoms with E-state index in [1.807, 2.05) is 18.2 Å². The van der Waals surface area contributed by atoms with Crippen LogP contribution < -0.4 is 0 Å². The summed E-state index contributed by atoms with van der Waals surface area (Å²) in [7, 11) is 0. The topological polar surface area (TPSA) is 43.9 Å². The Morgan fingerprint density at radius 3 is 2.78 bits per heavy atom. The van der Waals surface area contributed by atoms with Crippen LogP contribution in [-0.4, -0.2) is 14.8 Å². The smallest absolute Gasteiger partial charge is 0.191 e. The van der Waals surface area contributed by atoms with Crippen molar-refractivity contribution in [2.45, 2.75) is 36.2 Å². The molecule has 0 unspecified atom stereocenters. The molecule has 6 heteroatoms. The van der Waals surface area contributed by atoms with Gasteiger partial charge in [-0.05, 0) is 36.6 Å². The van der Waals surface area contributed by atoms with Crippen LogP contribution in [0.4, 0.5) is 4.39 Å². The number of hydrogen-bond donors (Lipinski definition) is 0. The van der Waals surface area contributed by atoms with Gasteiger partial charge < -0.3 is 4.42 Å². The number of thioether (sulfide) groups is 1. The quantitative estimate of drug-likeness (QED) is 0.635. The van der Waals surface area contributed by atoms with E-state index in [1.165, 1.54) is 17.8 Å². The van der Waals surface area contributed by atoms with E-state index in [-0.39, 0.29) is 5.82 Å². The normalized spacial score (nSPS) is 14.3. The zero-order valence-corrected chi connectivity index (χ0v) is 13.3. The van der Waals surface area contributed by atoms with Gasteiger partial charge in [-0.1, -0.05) is 30.0 Å². The van der Waals surface area contributed by atoms with Crippen LogP contribution in [0.5, 0.6) is 0 Å². The molecule has 4 nitrogen and oxygen atoms in total. The summed E-state index contributed by atoms with van der Waals surface area (Å²) in [6.45, 7) is 0.617. The Bertz CT molecular complexity index is 796. The first-order chi connectivity index (χ1) is 11.3. The average Bonchev–Trinajstić information content (AvgIpc) is 3.13. The molecular weight excluding hydrogens is 313 g/mol. The molecule has 1 aromatic carbocycles. The van der Waals surface area contributed by atoms with Gasteiger partial charge in [-0.2, -0.15) is 0 Å². The van der Waals surface area contributed by atoms with Crippen LogP contribution in [0.3, 0.4) is 0 Å². The summed E-state index contributed by atoms with van der Waals surface area (Å²) in [5.41, 5.74) is 0.679. The fraction of sp³-hybridized carbons (Fsp3) is 0.294. The van der Waals surface area contributed by atoms with Crippen molar-refractivity contribution in [1.29, 1.82) is 0 Å². The SMILES string of the molecule is Fc1ccccc1CSc1nnc(C2CC2)n1Cc1ccco1. The Balaban J connectivity index is 1.57. The van der Waals surface area contributed by atoms with Crippen molar-refractivity contribution in [3.63, 3.8) is 0 Å². The van der Waals surface area contributed by atoms with E-state index in [0.29, 0.717) is 23.8 Å². The number of benzene rings is 1. The zero-order valence-electron chi connectivity index (χ0n) is 12.5. The summed E-state index contributed by atoms with van der Waals surface area (Å²) < 4.78 is 21.3. The minimum Gasteiger partial charge on any atom is -0.467 e. The van der Waals surface area contributed by atoms with Crippen LogP contribution in [0.1, 0.15) is 35.9 Å². The first-order valence-corrected chi connectivity index (χ1v) is 8.61. The number of hydrogen-bond acceptors (Lipinski definition) is 4. The van der Waals surface area contributed by atoms with Crippen LogP contribution in [0.15, 0.2) is 52.2 Å². The number of furan rings is 1. The Kier molecular flexibility index (Phi) is 3.91. The minimum atomic E-state index is -0.181. The van der Waals surface area contributed by atoms with E-state index in [9.17, 15) is 4.39 Å². The second kappa shape index (κ2) is 6.20. The molecule has 1 aliphatic rings. The van der Waals surface area contributed by atoms with Crippen molar-refractivity contribution in [2.75, 3.05) is 0 Å². The van der Waals surface area contributed by atoms with Crippen molar-refractivity contribution >= 4 is 11.8 Å². The predicted molar refractivity (Wildman–Crippen MR) is 85.8 cm³/mol. The van der Waals surface area contributed by atoms with E-state index in [0.717, 1.165) is 29.6 Å². The van der Waals surface area contributed by atoms with E-state index in [2.05, 4.69) is 14.8 Å². The molecule has 0 amide bonds. The molecule has 2 aromatic heterocycles. The van der Waals surface area contributed by atoms with E-state index in [4.69, 9.17) is 4.42 Å². The summed E-state index contributed by atoms with van der Waals surface area (Å²) >= 11 is 1.51. The van der Waals surface area contributed by atoms with Gasteiger partial charge in [-0.25, -0.2) is 4.39 Å². The summed E-state index contributed by atoms with van der Waals surface area (Å²) in [6, 6.07) is 10.7. The third-order valence-corrected chi connectivity index (χ3v) is 4.91. The number of aromatic nitrogens is 3. The molecule has 1 aliphatic carbocycles. The zero-order chi connectivity index (χ0) is 15.6. The van der Waals surface area contributed by atoms with Gasteiger partial charge in [0.2, 0.25) is 0 Å². The van der Waals surface area contributed by atoms with Gasteiger partial charge in [0.25, 0.3) is 0 Å². The fourth-order valence-electron chi connectivity index (χ4n) is 2.52. The summed E-state index contributed by atoms with van der Waals surface area (Å²) in [5.74, 6) is 2.74. The van der Waals surface area contributed by atoms with E-state index < -0.39 is 0 Å². The summed E-state index contributed by atoms with van der Waals surface area (Å²) in [6.07, 6.45) is 3.99. The molecule has 0 spiro atoms. The maximum absolute atomic E-state index is 13.8. The first-order valence-electron chi connectivity index (χ1n) is 7.63. The number of halogens is 1. The van der Waals surface area contributed by atoms with Crippen molar-refractivity contribution < 1.29 is 8.81 Å². The first kappa shape index (κ1) is 14.5. The third kappa shape index (κ3) is 3.17. The maximum Gasteiger partial charge on any atom is 0.191 e. The van der Waals surface area contributed by atoms with E-state index in [1.54, 1.807) is 18.4 Å². The van der Waals surface area contributed by atoms with Gasteiger partial charge in [0.1, 0.15) is 17.4 Å². The van der Waals surface area contributed by atoms with Crippen molar-refractivity contribution in [3.05, 3.63) is 65.6 Å². The molecule has 0 aliphatic heterocycles. The highest BCUT2D eigenvalue weighted by atomic mass is 32.2. The van der Waals surface area contributed by atoms with Gasteiger partial charge in [0.15, 0.2) is 5.16 Å². The van der Waals surface area contributed by atoms with Crippen LogP contribution in [-0.2, 0) is 12.3 Å². The number of rotatable bonds is 6.